The molecule has 8 aromatic carbocycles. The van der Waals surface area contributed by atoms with Crippen molar-refractivity contribution in [1.82, 2.24) is 15.0 Å². The van der Waals surface area contributed by atoms with Crippen LogP contribution in [0.5, 0.6) is 0 Å². The smallest absolute Gasteiger partial charge is 0.179 e. The summed E-state index contributed by atoms with van der Waals surface area (Å²) < 4.78 is 2.31. The Balaban J connectivity index is 1.05. The molecule has 0 atom stereocenters. The van der Waals surface area contributed by atoms with Gasteiger partial charge in [-0.3, -0.25) is 4.98 Å². The van der Waals surface area contributed by atoms with Crippen LogP contribution in [0.1, 0.15) is 0 Å². The highest BCUT2D eigenvalue weighted by Gasteiger charge is 2.41. The molecule has 3 nitrogen and oxygen atoms in total. The van der Waals surface area contributed by atoms with Gasteiger partial charge in [0.05, 0.1) is 16.1 Å². The molecule has 3 heterocycles. The minimum absolute atomic E-state index is 0.656. The van der Waals surface area contributed by atoms with Crippen molar-refractivity contribution in [2.45, 2.75) is 0 Å². The average Bonchev–Trinajstić information content (AvgIpc) is 3.74. The van der Waals surface area contributed by atoms with Crippen LogP contribution >= 0.6 is 11.3 Å². The van der Waals surface area contributed by atoms with E-state index in [4.69, 9.17) is 15.0 Å². The lowest BCUT2D eigenvalue weighted by molar-refractivity contribution is 1.18. The van der Waals surface area contributed by atoms with Crippen LogP contribution in [0.15, 0.2) is 237 Å². The molecule has 11 aromatic rings. The average molecular weight is 826 g/mol. The number of nitrogens with zero attached hydrogens (tertiary/aromatic N) is 3. The van der Waals surface area contributed by atoms with Gasteiger partial charge >= 0.3 is 0 Å². The number of rotatable bonds is 9. The van der Waals surface area contributed by atoms with Crippen molar-refractivity contribution >= 4 is 60.3 Å². The fraction of sp³-hybridized carbons (Fsp3) is 0. The van der Waals surface area contributed by atoms with Crippen molar-refractivity contribution in [2.75, 3.05) is 0 Å². The van der Waals surface area contributed by atoms with Crippen LogP contribution in [-0.4, -0.2) is 23.0 Å². The van der Waals surface area contributed by atoms with Gasteiger partial charge in [0.2, 0.25) is 0 Å². The van der Waals surface area contributed by atoms with Crippen LogP contribution in [0.2, 0.25) is 0 Å². The van der Waals surface area contributed by atoms with Crippen molar-refractivity contribution in [3.8, 4) is 56.2 Å². The fourth-order valence-corrected chi connectivity index (χ4v) is 14.8. The molecule has 5 heteroatoms. The molecule has 0 radical (unpaired) electrons. The minimum Gasteiger partial charge on any atom is -0.262 e. The first-order valence-corrected chi connectivity index (χ1v) is 23.7. The summed E-state index contributed by atoms with van der Waals surface area (Å²) in [5, 5.41) is 7.73. The summed E-state index contributed by atoms with van der Waals surface area (Å²) in [7, 11) is -2.64. The molecule has 0 N–H and O–H groups in total. The predicted octanol–water partition coefficient (Wildman–Crippen LogP) is 12.0. The highest BCUT2D eigenvalue weighted by atomic mass is 32.1. The van der Waals surface area contributed by atoms with Crippen LogP contribution in [-0.2, 0) is 0 Å². The second kappa shape index (κ2) is 16.1. The monoisotopic (exact) mass is 825 g/mol. The molecule has 0 amide bonds. The van der Waals surface area contributed by atoms with E-state index in [2.05, 4.69) is 212 Å². The lowest BCUT2D eigenvalue weighted by Gasteiger charge is -2.34. The van der Waals surface area contributed by atoms with Gasteiger partial charge in [-0.05, 0) is 67.3 Å². The molecule has 0 aliphatic carbocycles. The summed E-state index contributed by atoms with van der Waals surface area (Å²) in [6.45, 7) is 0. The third-order valence-electron chi connectivity index (χ3n) is 12.0. The Labute approximate surface area is 366 Å². The Kier molecular flexibility index (Phi) is 9.73. The number of pyridine rings is 1. The first kappa shape index (κ1) is 37.4. The molecule has 62 heavy (non-hydrogen) atoms. The molecule has 0 fully saturated rings. The molecule has 3 aromatic heterocycles. The van der Waals surface area contributed by atoms with E-state index < -0.39 is 8.07 Å². The summed E-state index contributed by atoms with van der Waals surface area (Å²) in [5.41, 5.74) is 9.37. The normalized spacial score (nSPS) is 11.5. The van der Waals surface area contributed by atoms with E-state index in [-0.39, 0.29) is 0 Å². The van der Waals surface area contributed by atoms with E-state index in [9.17, 15) is 0 Å². The van der Waals surface area contributed by atoms with Gasteiger partial charge in [-0.2, -0.15) is 0 Å². The van der Waals surface area contributed by atoms with Gasteiger partial charge in [-0.1, -0.05) is 200 Å². The van der Waals surface area contributed by atoms with Gasteiger partial charge in [0.15, 0.2) is 13.9 Å². The number of fused-ring (bicyclic) bond motifs is 3. The molecule has 0 aliphatic rings. The SMILES string of the molecule is c1ccc(-c2cccc(-c3cc(-c4ccccc4)nc(-c4cncc5sc6ccc(-c7ccc([Si](c8ccccc8)(c8ccccc8)c8ccccc8)cc7)cc6c45)n3)c2)cc1. The molecule has 0 aliphatic heterocycles. The Bertz CT molecular complexity index is 3220. The predicted molar refractivity (Wildman–Crippen MR) is 264 cm³/mol. The van der Waals surface area contributed by atoms with E-state index in [0.29, 0.717) is 5.82 Å². The Morgan fingerprint density at radius 2 is 0.806 bits per heavy atom. The van der Waals surface area contributed by atoms with Gasteiger partial charge in [-0.25, -0.2) is 9.97 Å². The van der Waals surface area contributed by atoms with Crippen LogP contribution < -0.4 is 20.7 Å². The summed E-state index contributed by atoms with van der Waals surface area (Å²) in [5.74, 6) is 0.656. The highest BCUT2D eigenvalue weighted by Crippen LogP contribution is 2.41. The molecule has 292 valence electrons. The molecule has 0 spiro atoms. The first-order valence-electron chi connectivity index (χ1n) is 20.9. The largest absolute Gasteiger partial charge is 0.262 e. The third kappa shape index (κ3) is 6.74. The molecule has 11 rings (SSSR count). The Morgan fingerprint density at radius 1 is 0.339 bits per heavy atom. The van der Waals surface area contributed by atoms with E-state index in [1.165, 1.54) is 42.0 Å². The molecule has 0 bridgehead atoms. The lowest BCUT2D eigenvalue weighted by atomic mass is 10.00. The summed E-state index contributed by atoms with van der Waals surface area (Å²) in [6, 6.07) is 81.1. The fourth-order valence-electron chi connectivity index (χ4n) is 9.02. The van der Waals surface area contributed by atoms with Gasteiger partial charge in [0.1, 0.15) is 0 Å². The zero-order valence-corrected chi connectivity index (χ0v) is 35.6. The standard InChI is InChI=1S/C57H39N3SSi/c1-6-17-40(18-7-1)43-21-16-22-45(35-43)53-37-52(42-19-8-2-9-20-42)59-57(60-53)51-38-58-39-55-56(51)50-36-44(31-34-54(50)61-55)41-29-32-49(33-30-41)62(46-23-10-3-11-24-46,47-25-12-4-13-26-47)48-27-14-5-15-28-48/h1-39H. The molecular weight excluding hydrogens is 787 g/mol. The van der Waals surface area contributed by atoms with Crippen molar-refractivity contribution in [2.24, 2.45) is 0 Å². The third-order valence-corrected chi connectivity index (χ3v) is 17.9. The number of thiophene rings is 1. The van der Waals surface area contributed by atoms with Crippen molar-refractivity contribution in [3.05, 3.63) is 237 Å². The number of hydrogen-bond donors (Lipinski definition) is 0. The minimum atomic E-state index is -2.64. The Morgan fingerprint density at radius 3 is 1.42 bits per heavy atom. The van der Waals surface area contributed by atoms with E-state index in [1.807, 2.05) is 24.5 Å². The molecule has 0 saturated heterocycles. The Hall–Kier alpha value is -7.57. The summed E-state index contributed by atoms with van der Waals surface area (Å²) in [4.78, 5) is 15.3. The van der Waals surface area contributed by atoms with Crippen molar-refractivity contribution < 1.29 is 0 Å². The first-order chi connectivity index (χ1) is 30.7. The lowest BCUT2D eigenvalue weighted by Crippen LogP contribution is -2.74. The van der Waals surface area contributed by atoms with Gasteiger partial charge in [0, 0.05) is 44.6 Å². The maximum absolute atomic E-state index is 5.32. The van der Waals surface area contributed by atoms with Crippen molar-refractivity contribution in [1.29, 1.82) is 0 Å². The second-order valence-electron chi connectivity index (χ2n) is 15.6. The van der Waals surface area contributed by atoms with Crippen molar-refractivity contribution in [3.63, 3.8) is 0 Å². The topological polar surface area (TPSA) is 38.7 Å². The maximum Gasteiger partial charge on any atom is 0.179 e. The summed E-state index contributed by atoms with van der Waals surface area (Å²) >= 11 is 1.76. The zero-order valence-electron chi connectivity index (χ0n) is 33.8. The number of benzene rings is 8. The van der Waals surface area contributed by atoms with Gasteiger partial charge in [0.25, 0.3) is 0 Å². The van der Waals surface area contributed by atoms with E-state index >= 15 is 0 Å². The quantitative estimate of drug-likeness (QED) is 0.107. The van der Waals surface area contributed by atoms with Crippen LogP contribution in [0.25, 0.3) is 76.3 Å². The maximum atomic E-state index is 5.32. The second-order valence-corrected chi connectivity index (χ2v) is 20.5. The van der Waals surface area contributed by atoms with E-state index in [0.717, 1.165) is 49.3 Å². The van der Waals surface area contributed by atoms with Crippen LogP contribution in [0.4, 0.5) is 0 Å². The molecule has 0 saturated carbocycles. The van der Waals surface area contributed by atoms with E-state index in [1.54, 1.807) is 11.3 Å². The van der Waals surface area contributed by atoms with Gasteiger partial charge < -0.3 is 0 Å². The molecular formula is C57H39N3SSi. The molecule has 0 unspecified atom stereocenters. The number of aromatic nitrogens is 3. The van der Waals surface area contributed by atoms with Gasteiger partial charge in [-0.15, -0.1) is 11.3 Å². The van der Waals surface area contributed by atoms with Crippen LogP contribution in [0.3, 0.4) is 0 Å². The highest BCUT2D eigenvalue weighted by molar-refractivity contribution is 7.26. The number of hydrogen-bond acceptors (Lipinski definition) is 4. The van der Waals surface area contributed by atoms with Crippen LogP contribution in [0, 0.1) is 0 Å². The zero-order chi connectivity index (χ0) is 41.3. The summed E-state index contributed by atoms with van der Waals surface area (Å²) in [6.07, 6.45) is 3.91.